The van der Waals surface area contributed by atoms with Crippen molar-refractivity contribution in [3.05, 3.63) is 71.9 Å². The molecule has 10 heteroatoms. The van der Waals surface area contributed by atoms with Gasteiger partial charge >= 0.3 is 6.18 Å². The molecule has 33 heavy (non-hydrogen) atoms. The molecule has 1 amide bonds. The maximum absolute atomic E-state index is 13.5. The summed E-state index contributed by atoms with van der Waals surface area (Å²) in [4.78, 5) is 27.1. The number of benzene rings is 1. The second kappa shape index (κ2) is 8.09. The van der Waals surface area contributed by atoms with Crippen molar-refractivity contribution in [2.75, 3.05) is 0 Å². The van der Waals surface area contributed by atoms with Crippen LogP contribution in [0.4, 0.5) is 17.6 Å². The van der Waals surface area contributed by atoms with Crippen molar-refractivity contribution < 1.29 is 27.1 Å². The topological polar surface area (TPSA) is 68.2 Å². The summed E-state index contributed by atoms with van der Waals surface area (Å²) >= 11 is 0. The van der Waals surface area contributed by atoms with E-state index in [1.165, 1.54) is 6.07 Å². The number of carbonyl (C=O) groups excluding carboxylic acids is 1. The summed E-state index contributed by atoms with van der Waals surface area (Å²) in [5.74, 6) is -0.448. The number of rotatable bonds is 4. The van der Waals surface area contributed by atoms with E-state index < -0.39 is 17.6 Å². The molecule has 0 spiro atoms. The lowest BCUT2D eigenvalue weighted by atomic mass is 9.98. The van der Waals surface area contributed by atoms with Gasteiger partial charge in [0.15, 0.2) is 11.6 Å². The average Bonchev–Trinajstić information content (AvgIpc) is 3.37. The Morgan fingerprint density at radius 3 is 2.45 bits per heavy atom. The van der Waals surface area contributed by atoms with E-state index in [0.717, 1.165) is 37.5 Å². The van der Waals surface area contributed by atoms with Crippen molar-refractivity contribution in [3.8, 4) is 17.3 Å². The van der Waals surface area contributed by atoms with Crippen molar-refractivity contribution in [1.29, 1.82) is 0 Å². The number of amides is 1. The first kappa shape index (κ1) is 21.3. The third-order valence-electron chi connectivity index (χ3n) is 6.07. The summed E-state index contributed by atoms with van der Waals surface area (Å²) in [6, 6.07) is 8.71. The number of fused-ring (bicyclic) bond motifs is 2. The largest absolute Gasteiger partial charge is 0.472 e. The Morgan fingerprint density at radius 2 is 1.76 bits per heavy atom. The monoisotopic (exact) mass is 458 g/mol. The van der Waals surface area contributed by atoms with Gasteiger partial charge in [-0.15, -0.1) is 0 Å². The highest BCUT2D eigenvalue weighted by Gasteiger charge is 2.50. The van der Waals surface area contributed by atoms with Gasteiger partial charge in [-0.3, -0.25) is 4.79 Å². The maximum Gasteiger partial charge on any atom is 0.417 e. The third kappa shape index (κ3) is 4.01. The van der Waals surface area contributed by atoms with Crippen LogP contribution in [-0.4, -0.2) is 43.9 Å². The molecule has 1 aromatic carbocycles. The van der Waals surface area contributed by atoms with Crippen LogP contribution in [0.2, 0.25) is 0 Å². The van der Waals surface area contributed by atoms with Gasteiger partial charge in [0, 0.05) is 30.3 Å². The Bertz CT molecular complexity index is 1170. The van der Waals surface area contributed by atoms with E-state index in [1.807, 2.05) is 0 Å². The van der Waals surface area contributed by atoms with Crippen LogP contribution >= 0.6 is 0 Å². The Kier molecular flexibility index (Phi) is 5.22. The predicted octanol–water partition coefficient (Wildman–Crippen LogP) is 4.52. The van der Waals surface area contributed by atoms with Gasteiger partial charge in [-0.05, 0) is 25.0 Å². The average molecular weight is 458 g/mol. The number of aromatic nitrogens is 3. The number of nitrogens with zero attached hydrogens (tertiary/aromatic N) is 4. The van der Waals surface area contributed by atoms with E-state index in [0.29, 0.717) is 17.5 Å². The van der Waals surface area contributed by atoms with Gasteiger partial charge in [-0.1, -0.05) is 18.2 Å². The maximum atomic E-state index is 13.5. The molecule has 0 saturated carbocycles. The molecule has 0 unspecified atom stereocenters. The molecule has 5 rings (SSSR count). The molecule has 0 N–H and O–H groups in total. The first-order valence-corrected chi connectivity index (χ1v) is 10.4. The minimum atomic E-state index is -4.47. The zero-order valence-corrected chi connectivity index (χ0v) is 17.2. The summed E-state index contributed by atoms with van der Waals surface area (Å²) in [6.45, 7) is 0. The van der Waals surface area contributed by atoms with Crippen LogP contribution in [0.1, 0.15) is 35.2 Å². The van der Waals surface area contributed by atoms with Crippen molar-refractivity contribution in [2.24, 2.45) is 0 Å². The van der Waals surface area contributed by atoms with E-state index in [-0.39, 0.29) is 35.8 Å². The molecule has 2 aromatic heterocycles. The fraction of sp³-hybridized carbons (Fsp3) is 0.304. The SMILES string of the molecule is O=C(c1ccccc1-c1ncc(F)cn1)N1[C@@H]2CC[C@H]1[C@H](Oc1ccc(C(F)(F)F)cn1)C2. The number of pyridine rings is 1. The van der Waals surface area contributed by atoms with Gasteiger partial charge in [0.2, 0.25) is 5.88 Å². The van der Waals surface area contributed by atoms with Gasteiger partial charge in [0.25, 0.3) is 5.91 Å². The molecular weight excluding hydrogens is 440 g/mol. The summed E-state index contributed by atoms with van der Waals surface area (Å²) in [5.41, 5.74) is 0.0456. The number of carbonyl (C=O) groups is 1. The molecule has 0 radical (unpaired) electrons. The molecule has 3 atom stereocenters. The molecule has 2 saturated heterocycles. The predicted molar refractivity (Wildman–Crippen MR) is 109 cm³/mol. The van der Waals surface area contributed by atoms with E-state index in [4.69, 9.17) is 4.74 Å². The van der Waals surface area contributed by atoms with Gasteiger partial charge < -0.3 is 9.64 Å². The second-order valence-corrected chi connectivity index (χ2v) is 8.06. The van der Waals surface area contributed by atoms with Crippen LogP contribution in [0.15, 0.2) is 55.0 Å². The van der Waals surface area contributed by atoms with Crippen molar-refractivity contribution in [1.82, 2.24) is 19.9 Å². The third-order valence-corrected chi connectivity index (χ3v) is 6.07. The summed E-state index contributed by atoms with van der Waals surface area (Å²) < 4.78 is 57.4. The second-order valence-electron chi connectivity index (χ2n) is 8.06. The number of hydrogen-bond acceptors (Lipinski definition) is 5. The molecule has 3 aromatic rings. The lowest BCUT2D eigenvalue weighted by Gasteiger charge is -2.25. The van der Waals surface area contributed by atoms with Crippen molar-refractivity contribution >= 4 is 5.91 Å². The smallest absolute Gasteiger partial charge is 0.417 e. The van der Waals surface area contributed by atoms with E-state index >= 15 is 0 Å². The number of halogens is 4. The molecular formula is C23H18F4N4O2. The quantitative estimate of drug-likeness (QED) is 0.538. The number of alkyl halides is 3. The standard InChI is InChI=1S/C23H18F4N4O2/c24-14-11-29-21(30-12-14)16-3-1-2-4-17(16)22(32)31-15-6-7-18(31)19(9-15)33-20-8-5-13(10-28-20)23(25,26)27/h1-5,8,10-12,15,18-19H,6-7,9H2/t15-,18+,19-/m1/s1. The minimum absolute atomic E-state index is 0.0517. The van der Waals surface area contributed by atoms with E-state index in [9.17, 15) is 22.4 Å². The molecule has 2 aliphatic heterocycles. The van der Waals surface area contributed by atoms with E-state index in [1.54, 1.807) is 29.2 Å². The fourth-order valence-electron chi connectivity index (χ4n) is 4.60. The van der Waals surface area contributed by atoms with Crippen LogP contribution in [0.3, 0.4) is 0 Å². The zero-order valence-electron chi connectivity index (χ0n) is 17.2. The fourth-order valence-corrected chi connectivity index (χ4v) is 4.60. The first-order valence-electron chi connectivity index (χ1n) is 10.4. The van der Waals surface area contributed by atoms with Gasteiger partial charge in [-0.25, -0.2) is 19.3 Å². The summed E-state index contributed by atoms with van der Waals surface area (Å²) in [7, 11) is 0. The Morgan fingerprint density at radius 1 is 1.00 bits per heavy atom. The lowest BCUT2D eigenvalue weighted by molar-refractivity contribution is -0.137. The van der Waals surface area contributed by atoms with Gasteiger partial charge in [0.05, 0.1) is 29.6 Å². The first-order chi connectivity index (χ1) is 15.8. The van der Waals surface area contributed by atoms with Gasteiger partial charge in [0.1, 0.15) is 6.10 Å². The van der Waals surface area contributed by atoms with Gasteiger partial charge in [-0.2, -0.15) is 13.2 Å². The Labute approximate surface area is 186 Å². The number of ether oxygens (including phenoxy) is 1. The molecule has 4 heterocycles. The molecule has 6 nitrogen and oxygen atoms in total. The molecule has 2 aliphatic rings. The zero-order chi connectivity index (χ0) is 23.2. The summed E-state index contributed by atoms with van der Waals surface area (Å²) in [6.07, 6.45) is 0.0876. The van der Waals surface area contributed by atoms with Crippen LogP contribution in [0.25, 0.3) is 11.4 Å². The van der Waals surface area contributed by atoms with E-state index in [2.05, 4.69) is 15.0 Å². The van der Waals surface area contributed by atoms with Crippen LogP contribution < -0.4 is 4.74 Å². The summed E-state index contributed by atoms with van der Waals surface area (Å²) in [5, 5.41) is 0. The molecule has 2 bridgehead atoms. The van der Waals surface area contributed by atoms with Crippen LogP contribution in [-0.2, 0) is 6.18 Å². The highest BCUT2D eigenvalue weighted by atomic mass is 19.4. The minimum Gasteiger partial charge on any atom is -0.472 e. The normalized spacial score (nSPS) is 21.9. The molecule has 2 fully saturated rings. The van der Waals surface area contributed by atoms with Crippen molar-refractivity contribution in [3.63, 3.8) is 0 Å². The lowest BCUT2D eigenvalue weighted by Crippen LogP contribution is -2.39. The highest BCUT2D eigenvalue weighted by Crippen LogP contribution is 2.41. The molecule has 170 valence electrons. The van der Waals surface area contributed by atoms with Crippen molar-refractivity contribution in [2.45, 2.75) is 43.6 Å². The van der Waals surface area contributed by atoms with Crippen LogP contribution in [0.5, 0.6) is 5.88 Å². The van der Waals surface area contributed by atoms with Crippen LogP contribution in [0, 0.1) is 5.82 Å². The Balaban J connectivity index is 1.36. The highest BCUT2D eigenvalue weighted by molar-refractivity contribution is 6.00. The molecule has 0 aliphatic carbocycles. The number of hydrogen-bond donors (Lipinski definition) is 0. The Hall–Kier alpha value is -3.56.